The largest absolute Gasteiger partial charge is 0.509 e. The lowest BCUT2D eigenvalue weighted by atomic mass is 10.1. The Balaban J connectivity index is 2.89. The minimum absolute atomic E-state index is 0.0402. The molecule has 0 radical (unpaired) electrons. The average molecular weight is 236 g/mol. The van der Waals surface area contributed by atoms with Crippen LogP contribution in [-0.2, 0) is 0 Å². The van der Waals surface area contributed by atoms with Crippen LogP contribution in [0.4, 0.5) is 13.2 Å². The van der Waals surface area contributed by atoms with E-state index < -0.39 is 18.8 Å². The topological polar surface area (TPSA) is 26.7 Å². The summed E-state index contributed by atoms with van der Waals surface area (Å²) in [5.41, 5.74) is 0.143. The molecule has 1 atom stereocenters. The van der Waals surface area contributed by atoms with Crippen molar-refractivity contribution in [1.82, 2.24) is 9.80 Å². The van der Waals surface area contributed by atoms with Gasteiger partial charge in [-0.2, -0.15) is 13.2 Å². The number of nitrogens with zero attached hydrogens (tertiary/aromatic N) is 2. The summed E-state index contributed by atoms with van der Waals surface area (Å²) in [6.07, 6.45) is -3.16. The third-order valence-corrected chi connectivity index (χ3v) is 2.40. The first kappa shape index (κ1) is 12.9. The van der Waals surface area contributed by atoms with E-state index in [-0.39, 0.29) is 11.5 Å². The van der Waals surface area contributed by atoms with E-state index in [4.69, 9.17) is 0 Å². The minimum atomic E-state index is -4.24. The molecule has 16 heavy (non-hydrogen) atoms. The van der Waals surface area contributed by atoms with Crippen molar-refractivity contribution in [2.24, 2.45) is 0 Å². The quantitative estimate of drug-likeness (QED) is 0.795. The van der Waals surface area contributed by atoms with Crippen LogP contribution in [0.15, 0.2) is 23.6 Å². The van der Waals surface area contributed by atoms with Crippen LogP contribution in [0.3, 0.4) is 0 Å². The second kappa shape index (κ2) is 4.37. The number of halogens is 3. The number of hydrogen-bond donors (Lipinski definition) is 1. The molecule has 1 aliphatic heterocycles. The number of aliphatic hydroxyl groups is 1. The summed E-state index contributed by atoms with van der Waals surface area (Å²) in [6, 6.07) is 0. The van der Waals surface area contributed by atoms with Gasteiger partial charge in [0.1, 0.15) is 11.9 Å². The van der Waals surface area contributed by atoms with Crippen molar-refractivity contribution < 1.29 is 18.3 Å². The van der Waals surface area contributed by atoms with Gasteiger partial charge in [-0.1, -0.05) is 0 Å². The fourth-order valence-electron chi connectivity index (χ4n) is 1.74. The lowest BCUT2D eigenvalue weighted by molar-refractivity contribution is -0.131. The molecule has 1 rings (SSSR count). The second-order valence-electron chi connectivity index (χ2n) is 3.99. The van der Waals surface area contributed by atoms with Crippen LogP contribution in [0.5, 0.6) is 0 Å². The molecule has 92 valence electrons. The molecule has 0 aromatic carbocycles. The van der Waals surface area contributed by atoms with E-state index in [1.807, 2.05) is 0 Å². The highest BCUT2D eigenvalue weighted by Crippen LogP contribution is 2.30. The van der Waals surface area contributed by atoms with Crippen molar-refractivity contribution in [3.8, 4) is 0 Å². The molecule has 0 bridgehead atoms. The maximum absolute atomic E-state index is 12.3. The molecule has 0 fully saturated rings. The first-order valence-electron chi connectivity index (χ1n) is 4.78. The van der Waals surface area contributed by atoms with Crippen LogP contribution in [0, 0.1) is 0 Å². The Hall–Kier alpha value is -1.17. The summed E-state index contributed by atoms with van der Waals surface area (Å²) in [4.78, 5) is 3.07. The van der Waals surface area contributed by atoms with Gasteiger partial charge >= 0.3 is 6.18 Å². The Morgan fingerprint density at radius 2 is 1.94 bits per heavy atom. The Labute approximate surface area is 92.4 Å². The number of likely N-dealkylation sites (N-methyl/N-ethyl adjacent to an activating group) is 2. The van der Waals surface area contributed by atoms with E-state index >= 15 is 0 Å². The molecule has 0 spiro atoms. The Bertz CT molecular complexity index is 321. The Morgan fingerprint density at radius 1 is 1.38 bits per heavy atom. The van der Waals surface area contributed by atoms with Gasteiger partial charge in [0.05, 0.1) is 6.42 Å². The molecule has 1 heterocycles. The van der Waals surface area contributed by atoms with E-state index in [1.54, 1.807) is 19.0 Å². The zero-order valence-corrected chi connectivity index (χ0v) is 9.41. The summed E-state index contributed by atoms with van der Waals surface area (Å²) < 4.78 is 36.8. The highest BCUT2D eigenvalue weighted by Gasteiger charge is 2.34. The molecule has 6 heteroatoms. The lowest BCUT2D eigenvalue weighted by Crippen LogP contribution is -2.45. The number of allylic oxidation sites excluding steroid dienone is 3. The number of alkyl halides is 3. The summed E-state index contributed by atoms with van der Waals surface area (Å²) >= 11 is 0. The van der Waals surface area contributed by atoms with Gasteiger partial charge in [0.2, 0.25) is 0 Å². The van der Waals surface area contributed by atoms with Crippen LogP contribution < -0.4 is 0 Å². The highest BCUT2D eigenvalue weighted by atomic mass is 19.4. The smallest absolute Gasteiger partial charge is 0.394 e. The van der Waals surface area contributed by atoms with Crippen molar-refractivity contribution in [3.63, 3.8) is 0 Å². The van der Waals surface area contributed by atoms with E-state index in [2.05, 4.69) is 0 Å². The van der Waals surface area contributed by atoms with E-state index in [9.17, 15) is 18.3 Å². The van der Waals surface area contributed by atoms with Gasteiger partial charge in [0, 0.05) is 12.7 Å². The monoisotopic (exact) mass is 236 g/mol. The van der Waals surface area contributed by atoms with Crippen LogP contribution in [0.1, 0.15) is 6.42 Å². The third-order valence-electron chi connectivity index (χ3n) is 2.40. The first-order valence-corrected chi connectivity index (χ1v) is 4.78. The molecule has 0 aromatic rings. The van der Waals surface area contributed by atoms with Gasteiger partial charge < -0.3 is 10.0 Å². The number of rotatable bonds is 2. The number of aliphatic hydroxyl groups excluding tert-OH is 1. The zero-order valence-electron chi connectivity index (χ0n) is 9.41. The van der Waals surface area contributed by atoms with Crippen molar-refractivity contribution in [1.29, 1.82) is 0 Å². The Kier molecular flexibility index (Phi) is 3.52. The fourth-order valence-corrected chi connectivity index (χ4v) is 1.74. The number of hydrogen-bond acceptors (Lipinski definition) is 3. The SMILES string of the molecule is CN(C)C1C(O)=CC=C(CC(F)(F)F)N1C. The molecule has 3 nitrogen and oxygen atoms in total. The molecule has 0 aromatic heterocycles. The summed E-state index contributed by atoms with van der Waals surface area (Å²) in [7, 11) is 4.93. The molecule has 1 unspecified atom stereocenters. The maximum atomic E-state index is 12.3. The summed E-state index contributed by atoms with van der Waals surface area (Å²) in [5.74, 6) is 0.0402. The van der Waals surface area contributed by atoms with Gasteiger partial charge in [-0.15, -0.1) is 0 Å². The van der Waals surface area contributed by atoms with E-state index in [0.717, 1.165) is 0 Å². The molecular weight excluding hydrogens is 221 g/mol. The van der Waals surface area contributed by atoms with Crippen LogP contribution in [0.2, 0.25) is 0 Å². The van der Waals surface area contributed by atoms with Gasteiger partial charge in [-0.05, 0) is 26.2 Å². The van der Waals surface area contributed by atoms with E-state index in [1.165, 1.54) is 24.1 Å². The third kappa shape index (κ3) is 2.91. The van der Waals surface area contributed by atoms with Crippen molar-refractivity contribution >= 4 is 0 Å². The molecular formula is C10H15F3N2O. The van der Waals surface area contributed by atoms with Crippen LogP contribution in [0.25, 0.3) is 0 Å². The predicted molar refractivity (Wildman–Crippen MR) is 54.7 cm³/mol. The summed E-state index contributed by atoms with van der Waals surface area (Å²) in [5, 5.41) is 9.58. The zero-order chi connectivity index (χ0) is 12.5. The second-order valence-corrected chi connectivity index (χ2v) is 3.99. The molecule has 1 aliphatic rings. The first-order chi connectivity index (χ1) is 7.22. The molecule has 0 saturated carbocycles. The molecule has 0 saturated heterocycles. The van der Waals surface area contributed by atoms with Crippen LogP contribution >= 0.6 is 0 Å². The van der Waals surface area contributed by atoms with Crippen molar-refractivity contribution in [3.05, 3.63) is 23.6 Å². The van der Waals surface area contributed by atoms with E-state index in [0.29, 0.717) is 0 Å². The van der Waals surface area contributed by atoms with Gasteiger partial charge in [0.25, 0.3) is 0 Å². The van der Waals surface area contributed by atoms with Crippen molar-refractivity contribution in [2.45, 2.75) is 18.8 Å². The summed E-state index contributed by atoms with van der Waals surface area (Å²) in [6.45, 7) is 0. The lowest BCUT2D eigenvalue weighted by Gasteiger charge is -2.38. The van der Waals surface area contributed by atoms with Gasteiger partial charge in [-0.25, -0.2) is 0 Å². The average Bonchev–Trinajstić information content (AvgIpc) is 2.07. The highest BCUT2D eigenvalue weighted by molar-refractivity contribution is 5.23. The minimum Gasteiger partial charge on any atom is -0.509 e. The van der Waals surface area contributed by atoms with Gasteiger partial charge in [0.15, 0.2) is 0 Å². The standard InChI is InChI=1S/C10H15F3N2O/c1-14(2)9-8(16)5-4-7(15(9)3)6-10(11,12)13/h4-5,9,16H,6H2,1-3H3. The molecule has 0 amide bonds. The maximum Gasteiger partial charge on any atom is 0.394 e. The Morgan fingerprint density at radius 3 is 2.38 bits per heavy atom. The molecule has 1 N–H and O–H groups in total. The predicted octanol–water partition coefficient (Wildman–Crippen LogP) is 2.10. The van der Waals surface area contributed by atoms with Crippen LogP contribution in [-0.4, -0.2) is 48.4 Å². The molecule has 0 aliphatic carbocycles. The fraction of sp³-hybridized carbons (Fsp3) is 0.600. The van der Waals surface area contributed by atoms with Gasteiger partial charge in [-0.3, -0.25) is 4.90 Å². The normalized spacial score (nSPS) is 22.2. The van der Waals surface area contributed by atoms with Crippen molar-refractivity contribution in [2.75, 3.05) is 21.1 Å².